The molecule has 5 nitrogen and oxygen atoms in total. The Bertz CT molecular complexity index is 749. The molecule has 1 aliphatic rings. The van der Waals surface area contributed by atoms with Gasteiger partial charge in [-0.1, -0.05) is 30.3 Å². The topological polar surface area (TPSA) is 42.9 Å². The molecule has 7 heteroatoms. The van der Waals surface area contributed by atoms with Gasteiger partial charge in [-0.05, 0) is 38.1 Å². The highest BCUT2D eigenvalue weighted by molar-refractivity contribution is 14.0. The highest BCUT2D eigenvalue weighted by Gasteiger charge is 2.25. The van der Waals surface area contributed by atoms with Crippen molar-refractivity contribution >= 4 is 41.3 Å². The molecule has 2 heterocycles. The molecule has 0 bridgehead atoms. The average Bonchev–Trinajstić information content (AvgIpc) is 3.14. The molecule has 1 unspecified atom stereocenters. The summed E-state index contributed by atoms with van der Waals surface area (Å²) in [5, 5.41) is 6.86. The third kappa shape index (κ3) is 7.55. The second-order valence-electron chi connectivity index (χ2n) is 7.44. The normalized spacial score (nSPS) is 18.3. The van der Waals surface area contributed by atoms with E-state index in [4.69, 9.17) is 0 Å². The number of thiophene rings is 1. The van der Waals surface area contributed by atoms with Gasteiger partial charge in [0, 0.05) is 55.6 Å². The molecule has 1 aromatic carbocycles. The van der Waals surface area contributed by atoms with E-state index in [1.807, 2.05) is 18.4 Å². The number of halogens is 1. The van der Waals surface area contributed by atoms with Gasteiger partial charge in [-0.25, -0.2) is 0 Å². The fourth-order valence-electron chi connectivity index (χ4n) is 3.68. The molecule has 0 aliphatic carbocycles. The number of nitrogens with zero attached hydrogens (tertiary/aromatic N) is 3. The number of aliphatic imine (C=N–C) groups is 1. The SMILES string of the molecule is CN=C(NCCCN1CCN(C)CC1c1ccccc1)NCc1ccc(C)s1.I. The lowest BCUT2D eigenvalue weighted by atomic mass is 10.0. The fourth-order valence-corrected chi connectivity index (χ4v) is 4.51. The second kappa shape index (κ2) is 12.5. The van der Waals surface area contributed by atoms with E-state index >= 15 is 0 Å². The Morgan fingerprint density at radius 1 is 1.14 bits per heavy atom. The first-order chi connectivity index (χ1) is 13.7. The number of rotatable bonds is 7. The summed E-state index contributed by atoms with van der Waals surface area (Å²) in [5.41, 5.74) is 1.42. The second-order valence-corrected chi connectivity index (χ2v) is 8.82. The first-order valence-electron chi connectivity index (χ1n) is 10.1. The molecular weight excluding hydrogens is 493 g/mol. The summed E-state index contributed by atoms with van der Waals surface area (Å²) < 4.78 is 0. The van der Waals surface area contributed by atoms with Crippen molar-refractivity contribution in [2.24, 2.45) is 4.99 Å². The molecule has 0 spiro atoms. The van der Waals surface area contributed by atoms with E-state index in [2.05, 4.69) is 81.9 Å². The van der Waals surface area contributed by atoms with Crippen LogP contribution in [-0.2, 0) is 6.54 Å². The Balaban J connectivity index is 0.00000300. The summed E-state index contributed by atoms with van der Waals surface area (Å²) in [6.45, 7) is 8.36. The minimum absolute atomic E-state index is 0. The molecule has 0 saturated carbocycles. The van der Waals surface area contributed by atoms with Gasteiger partial charge in [-0.3, -0.25) is 9.89 Å². The van der Waals surface area contributed by atoms with Gasteiger partial charge in [0.05, 0.1) is 6.54 Å². The van der Waals surface area contributed by atoms with Crippen molar-refractivity contribution in [1.29, 1.82) is 0 Å². The van der Waals surface area contributed by atoms with E-state index in [0.29, 0.717) is 6.04 Å². The molecule has 160 valence electrons. The van der Waals surface area contributed by atoms with Crippen molar-refractivity contribution in [2.45, 2.75) is 25.9 Å². The molecule has 1 fully saturated rings. The van der Waals surface area contributed by atoms with Gasteiger partial charge in [0.15, 0.2) is 5.96 Å². The van der Waals surface area contributed by atoms with Crippen molar-refractivity contribution in [3.63, 3.8) is 0 Å². The minimum atomic E-state index is 0. The fraction of sp³-hybridized carbons (Fsp3) is 0.500. The van der Waals surface area contributed by atoms with Crippen LogP contribution in [0.25, 0.3) is 0 Å². The predicted molar refractivity (Wildman–Crippen MR) is 136 cm³/mol. The lowest BCUT2D eigenvalue weighted by Crippen LogP contribution is -2.47. The molecule has 0 amide bonds. The van der Waals surface area contributed by atoms with Crippen molar-refractivity contribution in [3.8, 4) is 0 Å². The van der Waals surface area contributed by atoms with E-state index < -0.39 is 0 Å². The number of hydrogen-bond acceptors (Lipinski definition) is 4. The van der Waals surface area contributed by atoms with Crippen LogP contribution >= 0.6 is 35.3 Å². The molecular formula is C22H34IN5S. The zero-order valence-electron chi connectivity index (χ0n) is 17.7. The van der Waals surface area contributed by atoms with Crippen LogP contribution in [0.15, 0.2) is 47.5 Å². The van der Waals surface area contributed by atoms with Crippen molar-refractivity contribution in [1.82, 2.24) is 20.4 Å². The molecule has 29 heavy (non-hydrogen) atoms. The van der Waals surface area contributed by atoms with Gasteiger partial charge in [0.25, 0.3) is 0 Å². The van der Waals surface area contributed by atoms with Gasteiger partial charge in [0.2, 0.25) is 0 Å². The van der Waals surface area contributed by atoms with Crippen LogP contribution in [0.3, 0.4) is 0 Å². The molecule has 1 aromatic heterocycles. The lowest BCUT2D eigenvalue weighted by Gasteiger charge is -2.40. The summed E-state index contributed by atoms with van der Waals surface area (Å²) in [6, 6.07) is 15.7. The summed E-state index contributed by atoms with van der Waals surface area (Å²) >= 11 is 1.83. The average molecular weight is 528 g/mol. The Morgan fingerprint density at radius 2 is 1.93 bits per heavy atom. The van der Waals surface area contributed by atoms with Crippen LogP contribution in [0.2, 0.25) is 0 Å². The van der Waals surface area contributed by atoms with E-state index in [1.165, 1.54) is 15.3 Å². The van der Waals surface area contributed by atoms with Crippen LogP contribution < -0.4 is 10.6 Å². The highest BCUT2D eigenvalue weighted by atomic mass is 127. The van der Waals surface area contributed by atoms with Crippen LogP contribution in [0.4, 0.5) is 0 Å². The van der Waals surface area contributed by atoms with Gasteiger partial charge in [-0.15, -0.1) is 35.3 Å². The molecule has 2 N–H and O–H groups in total. The molecule has 3 rings (SSSR count). The Labute approximate surface area is 196 Å². The molecule has 0 radical (unpaired) electrons. The van der Waals surface area contributed by atoms with Gasteiger partial charge >= 0.3 is 0 Å². The number of benzene rings is 1. The van der Waals surface area contributed by atoms with Crippen LogP contribution in [0.5, 0.6) is 0 Å². The quantitative estimate of drug-likeness (QED) is 0.250. The third-order valence-corrected chi connectivity index (χ3v) is 6.24. The van der Waals surface area contributed by atoms with Gasteiger partial charge in [0.1, 0.15) is 0 Å². The van der Waals surface area contributed by atoms with Crippen LogP contribution in [0.1, 0.15) is 27.8 Å². The number of piperazine rings is 1. The zero-order chi connectivity index (χ0) is 19.8. The Morgan fingerprint density at radius 3 is 2.62 bits per heavy atom. The largest absolute Gasteiger partial charge is 0.356 e. The minimum Gasteiger partial charge on any atom is -0.356 e. The number of hydrogen-bond donors (Lipinski definition) is 2. The van der Waals surface area contributed by atoms with Crippen LogP contribution in [-0.4, -0.2) is 62.6 Å². The number of likely N-dealkylation sites (N-methyl/N-ethyl adjacent to an activating group) is 1. The van der Waals surface area contributed by atoms with Crippen LogP contribution in [0, 0.1) is 6.92 Å². The number of nitrogens with one attached hydrogen (secondary N) is 2. The molecule has 1 saturated heterocycles. The maximum absolute atomic E-state index is 4.35. The summed E-state index contributed by atoms with van der Waals surface area (Å²) in [7, 11) is 4.06. The van der Waals surface area contributed by atoms with E-state index in [-0.39, 0.29) is 24.0 Å². The molecule has 1 aliphatic heterocycles. The standard InChI is InChI=1S/C22H33N5S.HI/c1-18-10-11-20(28-18)16-25-22(23-2)24-12-7-13-27-15-14-26(3)17-21(27)19-8-5-4-6-9-19;/h4-6,8-11,21H,7,12-17H2,1-3H3,(H2,23,24,25);1H. The number of aryl methyl sites for hydroxylation is 1. The summed E-state index contributed by atoms with van der Waals surface area (Å²) in [5.74, 6) is 0.879. The molecule has 1 atom stereocenters. The first kappa shape index (κ1) is 24.1. The van der Waals surface area contributed by atoms with E-state index in [1.54, 1.807) is 0 Å². The number of guanidine groups is 1. The summed E-state index contributed by atoms with van der Waals surface area (Å²) in [4.78, 5) is 12.1. The maximum atomic E-state index is 4.35. The van der Waals surface area contributed by atoms with E-state index in [9.17, 15) is 0 Å². The van der Waals surface area contributed by atoms with Crippen molar-refractivity contribution in [3.05, 3.63) is 57.8 Å². The van der Waals surface area contributed by atoms with Crippen molar-refractivity contribution in [2.75, 3.05) is 46.8 Å². The first-order valence-corrected chi connectivity index (χ1v) is 10.9. The maximum Gasteiger partial charge on any atom is 0.191 e. The van der Waals surface area contributed by atoms with Gasteiger partial charge in [-0.2, -0.15) is 0 Å². The highest BCUT2D eigenvalue weighted by Crippen LogP contribution is 2.24. The van der Waals surface area contributed by atoms with Gasteiger partial charge < -0.3 is 15.5 Å². The monoisotopic (exact) mass is 527 g/mol. The smallest absolute Gasteiger partial charge is 0.191 e. The lowest BCUT2D eigenvalue weighted by molar-refractivity contribution is 0.0891. The predicted octanol–water partition coefficient (Wildman–Crippen LogP) is 3.72. The zero-order valence-corrected chi connectivity index (χ0v) is 20.9. The molecule has 2 aromatic rings. The third-order valence-electron chi connectivity index (χ3n) is 5.24. The Kier molecular flexibility index (Phi) is 10.4. The summed E-state index contributed by atoms with van der Waals surface area (Å²) in [6.07, 6.45) is 1.10. The Hall–Kier alpha value is -1.16. The van der Waals surface area contributed by atoms with Crippen molar-refractivity contribution < 1.29 is 0 Å². The van der Waals surface area contributed by atoms with E-state index in [0.717, 1.165) is 51.6 Å².